The molecule has 0 saturated carbocycles. The van der Waals surface area contributed by atoms with Crippen molar-refractivity contribution in [2.75, 3.05) is 4.90 Å². The third-order valence-corrected chi connectivity index (χ3v) is 4.07. The van der Waals surface area contributed by atoms with Gasteiger partial charge in [0, 0.05) is 23.0 Å². The van der Waals surface area contributed by atoms with Crippen molar-refractivity contribution in [3.63, 3.8) is 0 Å². The first-order valence-electron chi connectivity index (χ1n) is 8.07. The number of hydrogen-bond donors (Lipinski definition) is 0. The Hall–Kier alpha value is -2.28. The summed E-state index contributed by atoms with van der Waals surface area (Å²) in [5.74, 6) is 0. The van der Waals surface area contributed by atoms with E-state index >= 15 is 0 Å². The van der Waals surface area contributed by atoms with Gasteiger partial charge >= 0.3 is 0 Å². The first-order chi connectivity index (χ1) is 10.8. The monoisotopic (exact) mass is 289 g/mol. The zero-order valence-corrected chi connectivity index (χ0v) is 13.4. The molecule has 1 heteroatoms. The van der Waals surface area contributed by atoms with Crippen molar-refractivity contribution in [2.24, 2.45) is 0 Å². The number of hydrogen-bond acceptors (Lipinski definition) is 1. The number of nitrogens with zero attached hydrogens (tertiary/aromatic N) is 1. The highest BCUT2D eigenvalue weighted by molar-refractivity contribution is 5.81. The quantitative estimate of drug-likeness (QED) is 0.670. The van der Waals surface area contributed by atoms with E-state index in [2.05, 4.69) is 91.6 Å². The zero-order chi connectivity index (χ0) is 15.4. The zero-order valence-electron chi connectivity index (χ0n) is 13.4. The average molecular weight is 289 g/mol. The van der Waals surface area contributed by atoms with Crippen molar-refractivity contribution in [3.8, 4) is 0 Å². The summed E-state index contributed by atoms with van der Waals surface area (Å²) in [6.07, 6.45) is 8.93. The maximum absolute atomic E-state index is 2.43. The molecule has 0 unspecified atom stereocenters. The van der Waals surface area contributed by atoms with E-state index in [0.717, 1.165) is 12.8 Å². The van der Waals surface area contributed by atoms with Crippen LogP contribution < -0.4 is 4.90 Å². The molecule has 2 aromatic carbocycles. The Morgan fingerprint density at radius 1 is 0.909 bits per heavy atom. The Labute approximate surface area is 133 Å². The second-order valence-corrected chi connectivity index (χ2v) is 5.98. The normalized spacial score (nSPS) is 14.0. The van der Waals surface area contributed by atoms with Crippen LogP contribution in [-0.4, -0.2) is 6.04 Å². The van der Waals surface area contributed by atoms with E-state index in [1.54, 1.807) is 0 Å². The highest BCUT2D eigenvalue weighted by Crippen LogP contribution is 2.36. The van der Waals surface area contributed by atoms with Crippen LogP contribution in [0.5, 0.6) is 0 Å². The molecule has 0 heterocycles. The van der Waals surface area contributed by atoms with Crippen LogP contribution in [0.15, 0.2) is 72.8 Å². The summed E-state index contributed by atoms with van der Waals surface area (Å²) in [6, 6.07) is 19.8. The Morgan fingerprint density at radius 2 is 1.64 bits per heavy atom. The van der Waals surface area contributed by atoms with Crippen molar-refractivity contribution in [1.29, 1.82) is 0 Å². The Morgan fingerprint density at radius 3 is 2.32 bits per heavy atom. The summed E-state index contributed by atoms with van der Waals surface area (Å²) in [6.45, 7) is 4.50. The van der Waals surface area contributed by atoms with E-state index < -0.39 is 0 Å². The molecule has 0 aromatic heterocycles. The maximum Gasteiger partial charge on any atom is 0.0489 e. The van der Waals surface area contributed by atoms with Gasteiger partial charge in [0.15, 0.2) is 0 Å². The molecule has 1 nitrogen and oxygen atoms in total. The number of para-hydroxylation sites is 2. The van der Waals surface area contributed by atoms with Crippen molar-refractivity contribution in [2.45, 2.75) is 32.7 Å². The largest absolute Gasteiger partial charge is 0.338 e. The van der Waals surface area contributed by atoms with Gasteiger partial charge in [-0.05, 0) is 50.5 Å². The predicted molar refractivity (Wildman–Crippen MR) is 96.5 cm³/mol. The summed E-state index contributed by atoms with van der Waals surface area (Å²) < 4.78 is 0. The summed E-state index contributed by atoms with van der Waals surface area (Å²) >= 11 is 0. The van der Waals surface area contributed by atoms with E-state index in [-0.39, 0.29) is 0 Å². The van der Waals surface area contributed by atoms with Crippen LogP contribution in [0.2, 0.25) is 0 Å². The lowest BCUT2D eigenvalue weighted by atomic mass is 9.95. The smallest absolute Gasteiger partial charge is 0.0489 e. The molecule has 2 aromatic rings. The Balaban J connectivity index is 2.09. The van der Waals surface area contributed by atoms with Gasteiger partial charge in [0.25, 0.3) is 0 Å². The molecular formula is C21H23N. The Bertz CT molecular complexity index is 680. The minimum absolute atomic E-state index is 0.406. The average Bonchev–Trinajstić information content (AvgIpc) is 2.57. The molecule has 22 heavy (non-hydrogen) atoms. The first kappa shape index (κ1) is 14.6. The molecule has 0 aliphatic heterocycles. The van der Waals surface area contributed by atoms with E-state index in [1.165, 1.54) is 22.5 Å². The van der Waals surface area contributed by atoms with Crippen LogP contribution in [0.3, 0.4) is 0 Å². The van der Waals surface area contributed by atoms with Gasteiger partial charge < -0.3 is 4.90 Å². The van der Waals surface area contributed by atoms with Crippen LogP contribution in [0.4, 0.5) is 11.4 Å². The summed E-state index contributed by atoms with van der Waals surface area (Å²) in [7, 11) is 0. The summed E-state index contributed by atoms with van der Waals surface area (Å²) in [4.78, 5) is 2.43. The van der Waals surface area contributed by atoms with Crippen molar-refractivity contribution in [3.05, 3.63) is 78.4 Å². The highest BCUT2D eigenvalue weighted by Gasteiger charge is 2.18. The van der Waals surface area contributed by atoms with Gasteiger partial charge in [-0.2, -0.15) is 0 Å². The van der Waals surface area contributed by atoms with Gasteiger partial charge in [0.2, 0.25) is 0 Å². The van der Waals surface area contributed by atoms with Gasteiger partial charge in [-0.15, -0.1) is 0 Å². The standard InChI is InChI=1S/C21H23N/c1-17(2)22(19-13-7-4-8-14-19)21-16-10-9-15-20(21)18-11-5-3-6-12-18/h3-5,7-11,13-17H,6,12H2,1-2H3. The highest BCUT2D eigenvalue weighted by atomic mass is 15.2. The van der Waals surface area contributed by atoms with Crippen molar-refractivity contribution < 1.29 is 0 Å². The number of rotatable bonds is 4. The maximum atomic E-state index is 2.43. The van der Waals surface area contributed by atoms with Crippen LogP contribution >= 0.6 is 0 Å². The Kier molecular flexibility index (Phi) is 4.43. The third-order valence-electron chi connectivity index (χ3n) is 4.07. The molecule has 0 amide bonds. The van der Waals surface area contributed by atoms with Crippen LogP contribution in [0.25, 0.3) is 5.57 Å². The predicted octanol–water partition coefficient (Wildman–Crippen LogP) is 5.97. The fourth-order valence-electron chi connectivity index (χ4n) is 3.09. The van der Waals surface area contributed by atoms with Crippen molar-refractivity contribution in [1.82, 2.24) is 0 Å². The lowest BCUT2D eigenvalue weighted by Gasteiger charge is -2.31. The number of anilines is 2. The molecular weight excluding hydrogens is 266 g/mol. The lowest BCUT2D eigenvalue weighted by molar-refractivity contribution is 0.787. The fraction of sp³-hybridized carbons (Fsp3) is 0.238. The van der Waals surface area contributed by atoms with E-state index in [4.69, 9.17) is 0 Å². The van der Waals surface area contributed by atoms with Crippen molar-refractivity contribution >= 4 is 16.9 Å². The van der Waals surface area contributed by atoms with Gasteiger partial charge in [-0.25, -0.2) is 0 Å². The van der Waals surface area contributed by atoms with Crippen LogP contribution in [-0.2, 0) is 0 Å². The molecule has 1 aliphatic carbocycles. The first-order valence-corrected chi connectivity index (χ1v) is 8.07. The van der Waals surface area contributed by atoms with Crippen LogP contribution in [0.1, 0.15) is 32.3 Å². The minimum atomic E-state index is 0.406. The molecule has 3 rings (SSSR count). The number of benzene rings is 2. The van der Waals surface area contributed by atoms with Gasteiger partial charge in [-0.3, -0.25) is 0 Å². The molecule has 1 aliphatic rings. The summed E-state index contributed by atoms with van der Waals surface area (Å²) in [5, 5.41) is 0. The molecule has 0 radical (unpaired) electrons. The fourth-order valence-corrected chi connectivity index (χ4v) is 3.09. The van der Waals surface area contributed by atoms with Crippen LogP contribution in [0, 0.1) is 0 Å². The SMILES string of the molecule is CC(C)N(c1ccccc1)c1ccccc1C1=CC=CCC1. The second kappa shape index (κ2) is 6.65. The van der Waals surface area contributed by atoms with Gasteiger partial charge in [-0.1, -0.05) is 54.6 Å². The molecule has 0 atom stereocenters. The molecule has 0 fully saturated rings. The molecule has 112 valence electrons. The lowest BCUT2D eigenvalue weighted by Crippen LogP contribution is -2.26. The molecule has 0 bridgehead atoms. The van der Waals surface area contributed by atoms with Gasteiger partial charge in [0.1, 0.15) is 0 Å². The third kappa shape index (κ3) is 2.99. The minimum Gasteiger partial charge on any atom is -0.338 e. The summed E-state index contributed by atoms with van der Waals surface area (Å²) in [5.41, 5.74) is 5.33. The van der Waals surface area contributed by atoms with E-state index in [0.29, 0.717) is 6.04 Å². The van der Waals surface area contributed by atoms with E-state index in [1.807, 2.05) is 0 Å². The molecule has 0 N–H and O–H groups in total. The molecule has 0 saturated heterocycles. The topological polar surface area (TPSA) is 3.24 Å². The van der Waals surface area contributed by atoms with E-state index in [9.17, 15) is 0 Å². The number of allylic oxidation sites excluding steroid dienone is 4. The van der Waals surface area contributed by atoms with Gasteiger partial charge in [0.05, 0.1) is 0 Å². The molecule has 0 spiro atoms. The second-order valence-electron chi connectivity index (χ2n) is 5.98.